The highest BCUT2D eigenvalue weighted by atomic mass is 19.1. The second-order valence-electron chi connectivity index (χ2n) is 7.12. The van der Waals surface area contributed by atoms with Crippen LogP contribution in [0.2, 0.25) is 0 Å². The summed E-state index contributed by atoms with van der Waals surface area (Å²) in [5.74, 6) is -1.37. The van der Waals surface area contributed by atoms with Crippen LogP contribution in [-0.2, 0) is 6.61 Å². The maximum absolute atomic E-state index is 14.1. The molecule has 7 heteroatoms. The van der Waals surface area contributed by atoms with Crippen LogP contribution >= 0.6 is 0 Å². The first-order valence-electron chi connectivity index (χ1n) is 9.97. The molecule has 0 spiro atoms. The number of hydrazone groups is 1. The van der Waals surface area contributed by atoms with E-state index in [4.69, 9.17) is 10.00 Å². The molecule has 0 unspecified atom stereocenters. The summed E-state index contributed by atoms with van der Waals surface area (Å²) >= 11 is 0. The summed E-state index contributed by atoms with van der Waals surface area (Å²) in [6.07, 6.45) is 1.43. The minimum Gasteiger partial charge on any atom is -0.488 e. The predicted molar refractivity (Wildman–Crippen MR) is 121 cm³/mol. The second kappa shape index (κ2) is 9.71. The Hall–Kier alpha value is -4.57. The van der Waals surface area contributed by atoms with Gasteiger partial charge in [0.15, 0.2) is 0 Å². The molecule has 162 valence electrons. The molecule has 1 N–H and O–H groups in total. The van der Waals surface area contributed by atoms with Gasteiger partial charge in [-0.25, -0.2) is 14.2 Å². The van der Waals surface area contributed by atoms with Crippen molar-refractivity contribution < 1.29 is 18.3 Å². The maximum Gasteiger partial charge on any atom is 0.274 e. The van der Waals surface area contributed by atoms with Gasteiger partial charge in [0.05, 0.1) is 23.4 Å². The third-order valence-corrected chi connectivity index (χ3v) is 4.94. The number of hydrogen-bond acceptors (Lipinski definition) is 4. The van der Waals surface area contributed by atoms with Gasteiger partial charge < -0.3 is 4.74 Å². The first-order valence-corrected chi connectivity index (χ1v) is 9.97. The number of nitrogens with one attached hydrogen (secondary N) is 1. The van der Waals surface area contributed by atoms with Gasteiger partial charge in [-0.2, -0.15) is 10.4 Å². The Morgan fingerprint density at radius 2 is 1.82 bits per heavy atom. The van der Waals surface area contributed by atoms with Crippen molar-refractivity contribution in [1.82, 2.24) is 5.43 Å². The fourth-order valence-electron chi connectivity index (χ4n) is 3.26. The van der Waals surface area contributed by atoms with E-state index in [1.54, 1.807) is 18.2 Å². The van der Waals surface area contributed by atoms with Crippen molar-refractivity contribution >= 4 is 22.9 Å². The van der Waals surface area contributed by atoms with E-state index in [1.807, 2.05) is 36.4 Å². The summed E-state index contributed by atoms with van der Waals surface area (Å²) < 4.78 is 33.2. The van der Waals surface area contributed by atoms with Gasteiger partial charge in [-0.15, -0.1) is 0 Å². The maximum atomic E-state index is 14.1. The summed E-state index contributed by atoms with van der Waals surface area (Å²) in [5, 5.41) is 14.6. The zero-order valence-corrected chi connectivity index (χ0v) is 17.3. The predicted octanol–water partition coefficient (Wildman–Crippen LogP) is 5.33. The SMILES string of the molecule is N#Cc1ccc(C(=O)N/N=C\c2c(OCc3ccc(F)cc3)ccc3ccccc23)c(F)c1. The number of nitrogens with zero attached hydrogens (tertiary/aromatic N) is 2. The van der Waals surface area contributed by atoms with Gasteiger partial charge in [0.2, 0.25) is 0 Å². The Balaban J connectivity index is 1.58. The van der Waals surface area contributed by atoms with E-state index in [9.17, 15) is 13.6 Å². The molecule has 0 radical (unpaired) electrons. The largest absolute Gasteiger partial charge is 0.488 e. The number of nitriles is 1. The van der Waals surface area contributed by atoms with Gasteiger partial charge in [-0.3, -0.25) is 4.79 Å². The van der Waals surface area contributed by atoms with Crippen molar-refractivity contribution in [2.45, 2.75) is 6.61 Å². The molecular formula is C26H17F2N3O2. The molecule has 0 heterocycles. The number of benzene rings is 4. The third kappa shape index (κ3) is 5.02. The van der Waals surface area contributed by atoms with E-state index in [0.29, 0.717) is 11.3 Å². The lowest BCUT2D eigenvalue weighted by molar-refractivity contribution is 0.0951. The van der Waals surface area contributed by atoms with Crippen LogP contribution in [0.3, 0.4) is 0 Å². The first kappa shape index (κ1) is 21.7. The number of halogens is 2. The second-order valence-corrected chi connectivity index (χ2v) is 7.12. The van der Waals surface area contributed by atoms with Crippen molar-refractivity contribution in [2.24, 2.45) is 5.10 Å². The summed E-state index contributed by atoms with van der Waals surface area (Å²) in [6, 6.07) is 22.7. The van der Waals surface area contributed by atoms with E-state index in [-0.39, 0.29) is 23.6 Å². The van der Waals surface area contributed by atoms with Crippen LogP contribution in [0.4, 0.5) is 8.78 Å². The van der Waals surface area contributed by atoms with Crippen LogP contribution in [0.5, 0.6) is 5.75 Å². The number of amides is 1. The number of ether oxygens (including phenoxy) is 1. The molecule has 0 saturated heterocycles. The monoisotopic (exact) mass is 441 g/mol. The van der Waals surface area contributed by atoms with E-state index in [0.717, 1.165) is 22.4 Å². The molecule has 0 aliphatic carbocycles. The van der Waals surface area contributed by atoms with Crippen molar-refractivity contribution in [3.05, 3.63) is 113 Å². The van der Waals surface area contributed by atoms with Crippen molar-refractivity contribution in [3.63, 3.8) is 0 Å². The third-order valence-electron chi connectivity index (χ3n) is 4.94. The van der Waals surface area contributed by atoms with E-state index in [1.165, 1.54) is 30.5 Å². The van der Waals surface area contributed by atoms with Crippen LogP contribution in [0.15, 0.2) is 84.0 Å². The van der Waals surface area contributed by atoms with Gasteiger partial charge in [-0.05, 0) is 52.7 Å². The first-order chi connectivity index (χ1) is 16.0. The van der Waals surface area contributed by atoms with Gasteiger partial charge in [0, 0.05) is 5.56 Å². The lowest BCUT2D eigenvalue weighted by Gasteiger charge is -2.12. The van der Waals surface area contributed by atoms with E-state index >= 15 is 0 Å². The standard InChI is InChI=1S/C26H17F2N3O2/c27-20-9-5-17(6-10-20)16-33-25-12-8-19-3-1-2-4-21(19)23(25)15-30-31-26(32)22-11-7-18(14-29)13-24(22)28/h1-13,15H,16H2,(H,31,32)/b30-15-. The lowest BCUT2D eigenvalue weighted by atomic mass is 10.0. The Labute approximate surface area is 188 Å². The van der Waals surface area contributed by atoms with Crippen LogP contribution < -0.4 is 10.2 Å². The smallest absolute Gasteiger partial charge is 0.274 e. The number of carbonyl (C=O) groups is 1. The Bertz CT molecular complexity index is 1390. The summed E-state index contributed by atoms with van der Waals surface area (Å²) in [4.78, 5) is 12.3. The van der Waals surface area contributed by atoms with E-state index < -0.39 is 11.7 Å². The van der Waals surface area contributed by atoms with E-state index in [2.05, 4.69) is 10.5 Å². The average molecular weight is 441 g/mol. The molecule has 1 amide bonds. The molecule has 0 aliphatic heterocycles. The minimum absolute atomic E-state index is 0.117. The Kier molecular flexibility index (Phi) is 6.37. The van der Waals surface area contributed by atoms with Crippen LogP contribution in [0.1, 0.15) is 27.0 Å². The highest BCUT2D eigenvalue weighted by Gasteiger charge is 2.12. The quantitative estimate of drug-likeness (QED) is 0.325. The highest BCUT2D eigenvalue weighted by Crippen LogP contribution is 2.27. The molecule has 4 aromatic rings. The highest BCUT2D eigenvalue weighted by molar-refractivity contribution is 6.03. The summed E-state index contributed by atoms with van der Waals surface area (Å²) in [6.45, 7) is 0.211. The summed E-state index contributed by atoms with van der Waals surface area (Å²) in [7, 11) is 0. The molecule has 4 rings (SSSR count). The minimum atomic E-state index is -0.810. The van der Waals surface area contributed by atoms with Crippen molar-refractivity contribution in [2.75, 3.05) is 0 Å². The molecule has 4 aromatic carbocycles. The number of carbonyl (C=O) groups excluding carboxylic acids is 1. The zero-order chi connectivity index (χ0) is 23.2. The molecular weight excluding hydrogens is 424 g/mol. The number of hydrogen-bond donors (Lipinski definition) is 1. The molecule has 5 nitrogen and oxygen atoms in total. The summed E-state index contributed by atoms with van der Waals surface area (Å²) in [5.41, 5.74) is 3.61. The van der Waals surface area contributed by atoms with Crippen LogP contribution in [-0.4, -0.2) is 12.1 Å². The molecule has 33 heavy (non-hydrogen) atoms. The number of rotatable bonds is 6. The lowest BCUT2D eigenvalue weighted by Crippen LogP contribution is -2.19. The topological polar surface area (TPSA) is 74.5 Å². The van der Waals surface area contributed by atoms with Gasteiger partial charge in [0.1, 0.15) is 24.0 Å². The molecule has 0 saturated carbocycles. The Morgan fingerprint density at radius 1 is 1.03 bits per heavy atom. The Morgan fingerprint density at radius 3 is 2.58 bits per heavy atom. The molecule has 0 bridgehead atoms. The molecule has 0 fully saturated rings. The van der Waals surface area contributed by atoms with Gasteiger partial charge in [-0.1, -0.05) is 42.5 Å². The van der Waals surface area contributed by atoms with Gasteiger partial charge in [0.25, 0.3) is 5.91 Å². The fourth-order valence-corrected chi connectivity index (χ4v) is 3.26. The molecule has 0 aromatic heterocycles. The number of fused-ring (bicyclic) bond motifs is 1. The van der Waals surface area contributed by atoms with Crippen LogP contribution in [0.25, 0.3) is 10.8 Å². The fraction of sp³-hybridized carbons (Fsp3) is 0.0385. The van der Waals surface area contributed by atoms with Crippen LogP contribution in [0, 0.1) is 23.0 Å². The molecule has 0 atom stereocenters. The van der Waals surface area contributed by atoms with Gasteiger partial charge >= 0.3 is 0 Å². The zero-order valence-electron chi connectivity index (χ0n) is 17.3. The molecule has 0 aliphatic rings. The van der Waals surface area contributed by atoms with Crippen molar-refractivity contribution in [3.8, 4) is 11.8 Å². The van der Waals surface area contributed by atoms with Crippen molar-refractivity contribution in [1.29, 1.82) is 5.26 Å². The normalized spacial score (nSPS) is 10.8. The average Bonchev–Trinajstić information content (AvgIpc) is 2.84.